The first-order valence-electron chi connectivity index (χ1n) is 7.90. The van der Waals surface area contributed by atoms with Crippen LogP contribution in [0.3, 0.4) is 0 Å². The number of esters is 1. The maximum absolute atomic E-state index is 12.3. The van der Waals surface area contributed by atoms with Crippen molar-refractivity contribution < 1.29 is 19.1 Å². The fraction of sp³-hybridized carbons (Fsp3) is 0.278. The van der Waals surface area contributed by atoms with Crippen molar-refractivity contribution in [2.75, 3.05) is 37.5 Å². The molecule has 0 aliphatic carbocycles. The van der Waals surface area contributed by atoms with E-state index in [1.807, 2.05) is 0 Å². The van der Waals surface area contributed by atoms with Gasteiger partial charge in [-0.2, -0.15) is 0 Å². The minimum atomic E-state index is -0.389. The van der Waals surface area contributed by atoms with Crippen molar-refractivity contribution in [1.82, 2.24) is 4.98 Å². The number of rotatable bonds is 8. The standard InChI is InChI=1S/C18H21N3O4/c1-3-25-18(23)13-4-6-15(7-5-13)21-17(22)14-10-16(12-19-11-14)20-8-9-24-2/h4-7,10-12,20H,3,8-9H2,1-2H3,(H,21,22). The van der Waals surface area contributed by atoms with Crippen LogP contribution in [0.5, 0.6) is 0 Å². The lowest BCUT2D eigenvalue weighted by Crippen LogP contribution is -2.14. The molecule has 1 aromatic heterocycles. The van der Waals surface area contributed by atoms with Gasteiger partial charge in [-0.3, -0.25) is 9.78 Å². The van der Waals surface area contributed by atoms with Crippen molar-refractivity contribution in [3.05, 3.63) is 53.9 Å². The van der Waals surface area contributed by atoms with Gasteiger partial charge in [0.25, 0.3) is 5.91 Å². The third-order valence-electron chi connectivity index (χ3n) is 3.29. The summed E-state index contributed by atoms with van der Waals surface area (Å²) in [6.07, 6.45) is 3.13. The van der Waals surface area contributed by atoms with Crippen molar-refractivity contribution >= 4 is 23.3 Å². The van der Waals surface area contributed by atoms with Gasteiger partial charge in [0.05, 0.1) is 30.0 Å². The number of benzene rings is 1. The monoisotopic (exact) mass is 343 g/mol. The van der Waals surface area contributed by atoms with Crippen LogP contribution in [0.2, 0.25) is 0 Å². The number of anilines is 2. The average Bonchev–Trinajstić information content (AvgIpc) is 2.63. The molecule has 0 saturated carbocycles. The molecule has 25 heavy (non-hydrogen) atoms. The van der Waals surface area contributed by atoms with Gasteiger partial charge in [0.2, 0.25) is 0 Å². The molecule has 1 aromatic carbocycles. The Labute approximate surface area is 146 Å². The normalized spacial score (nSPS) is 10.2. The fourth-order valence-corrected chi connectivity index (χ4v) is 2.07. The number of ether oxygens (including phenoxy) is 2. The number of carbonyl (C=O) groups is 2. The Morgan fingerprint density at radius 2 is 1.84 bits per heavy atom. The zero-order valence-corrected chi connectivity index (χ0v) is 14.2. The van der Waals surface area contributed by atoms with Gasteiger partial charge >= 0.3 is 5.97 Å². The molecule has 0 atom stereocenters. The van der Waals surface area contributed by atoms with E-state index >= 15 is 0 Å². The van der Waals surface area contributed by atoms with E-state index in [2.05, 4.69) is 15.6 Å². The predicted octanol–water partition coefficient (Wildman–Crippen LogP) is 2.57. The highest BCUT2D eigenvalue weighted by Crippen LogP contribution is 2.14. The van der Waals surface area contributed by atoms with Crippen LogP contribution in [0.15, 0.2) is 42.7 Å². The first kappa shape index (κ1) is 18.4. The molecular weight excluding hydrogens is 322 g/mol. The van der Waals surface area contributed by atoms with Gasteiger partial charge in [-0.1, -0.05) is 0 Å². The number of methoxy groups -OCH3 is 1. The van der Waals surface area contributed by atoms with Crippen molar-refractivity contribution in [2.24, 2.45) is 0 Å². The van der Waals surface area contributed by atoms with E-state index in [1.165, 1.54) is 6.20 Å². The number of carbonyl (C=O) groups excluding carboxylic acids is 2. The summed E-state index contributed by atoms with van der Waals surface area (Å²) in [5, 5.41) is 5.89. The molecule has 0 saturated heterocycles. The topological polar surface area (TPSA) is 89.5 Å². The Balaban J connectivity index is 1.99. The zero-order chi connectivity index (χ0) is 18.1. The van der Waals surface area contributed by atoms with E-state index < -0.39 is 0 Å². The van der Waals surface area contributed by atoms with Gasteiger partial charge < -0.3 is 20.1 Å². The largest absolute Gasteiger partial charge is 0.462 e. The van der Waals surface area contributed by atoms with Crippen molar-refractivity contribution in [3.63, 3.8) is 0 Å². The number of hydrogen-bond donors (Lipinski definition) is 2. The van der Waals surface area contributed by atoms with Crippen molar-refractivity contribution in [2.45, 2.75) is 6.92 Å². The Bertz CT molecular complexity index is 717. The van der Waals surface area contributed by atoms with Gasteiger partial charge in [-0.15, -0.1) is 0 Å². The third-order valence-corrected chi connectivity index (χ3v) is 3.29. The molecular formula is C18H21N3O4. The molecule has 2 rings (SSSR count). The number of nitrogens with zero attached hydrogens (tertiary/aromatic N) is 1. The minimum Gasteiger partial charge on any atom is -0.462 e. The summed E-state index contributed by atoms with van der Waals surface area (Å²) in [5.41, 5.74) is 2.18. The molecule has 0 unspecified atom stereocenters. The van der Waals surface area contributed by atoms with Crippen LogP contribution in [0.4, 0.5) is 11.4 Å². The molecule has 132 valence electrons. The first-order chi connectivity index (χ1) is 12.1. The van der Waals surface area contributed by atoms with Crippen LogP contribution >= 0.6 is 0 Å². The molecule has 1 heterocycles. The fourth-order valence-electron chi connectivity index (χ4n) is 2.07. The van der Waals surface area contributed by atoms with Crippen LogP contribution in [-0.4, -0.2) is 43.7 Å². The molecule has 0 aliphatic heterocycles. The Hall–Kier alpha value is -2.93. The van der Waals surface area contributed by atoms with Gasteiger partial charge in [0.15, 0.2) is 0 Å². The van der Waals surface area contributed by atoms with E-state index in [-0.39, 0.29) is 11.9 Å². The summed E-state index contributed by atoms with van der Waals surface area (Å²) in [4.78, 5) is 28.0. The highest BCUT2D eigenvalue weighted by molar-refractivity contribution is 6.04. The molecule has 0 radical (unpaired) electrons. The van der Waals surface area contributed by atoms with Crippen molar-refractivity contribution in [1.29, 1.82) is 0 Å². The molecule has 0 fully saturated rings. The minimum absolute atomic E-state index is 0.285. The summed E-state index contributed by atoms with van der Waals surface area (Å²) < 4.78 is 9.89. The van der Waals surface area contributed by atoms with Gasteiger partial charge in [-0.05, 0) is 37.3 Å². The van der Waals surface area contributed by atoms with Gasteiger partial charge in [0, 0.05) is 31.7 Å². The van der Waals surface area contributed by atoms with Crippen LogP contribution in [0, 0.1) is 0 Å². The maximum Gasteiger partial charge on any atom is 0.338 e. The van der Waals surface area contributed by atoms with Crippen LogP contribution in [-0.2, 0) is 9.47 Å². The highest BCUT2D eigenvalue weighted by atomic mass is 16.5. The lowest BCUT2D eigenvalue weighted by molar-refractivity contribution is 0.0526. The van der Waals surface area contributed by atoms with Gasteiger partial charge in [0.1, 0.15) is 0 Å². The summed E-state index contributed by atoms with van der Waals surface area (Å²) in [6.45, 7) is 3.25. The second-order valence-corrected chi connectivity index (χ2v) is 5.13. The summed E-state index contributed by atoms with van der Waals surface area (Å²) >= 11 is 0. The van der Waals surface area contributed by atoms with E-state index in [4.69, 9.17) is 9.47 Å². The summed E-state index contributed by atoms with van der Waals surface area (Å²) in [7, 11) is 1.62. The van der Waals surface area contributed by atoms with E-state index in [0.717, 1.165) is 5.69 Å². The Morgan fingerprint density at radius 1 is 1.08 bits per heavy atom. The number of nitrogens with one attached hydrogen (secondary N) is 2. The smallest absolute Gasteiger partial charge is 0.338 e. The maximum atomic E-state index is 12.3. The van der Waals surface area contributed by atoms with Crippen LogP contribution < -0.4 is 10.6 Å². The highest BCUT2D eigenvalue weighted by Gasteiger charge is 2.09. The van der Waals surface area contributed by atoms with Crippen molar-refractivity contribution in [3.8, 4) is 0 Å². The summed E-state index contributed by atoms with van der Waals surface area (Å²) in [6, 6.07) is 8.23. The lowest BCUT2D eigenvalue weighted by atomic mass is 10.2. The number of hydrogen-bond acceptors (Lipinski definition) is 6. The lowest BCUT2D eigenvalue weighted by Gasteiger charge is -2.09. The molecule has 0 spiro atoms. The second kappa shape index (κ2) is 9.39. The Kier molecular flexibility index (Phi) is 6.91. The van der Waals surface area contributed by atoms with Crippen LogP contribution in [0.25, 0.3) is 0 Å². The van der Waals surface area contributed by atoms with E-state index in [0.29, 0.717) is 36.6 Å². The molecule has 7 heteroatoms. The average molecular weight is 343 g/mol. The predicted molar refractivity (Wildman–Crippen MR) is 95.0 cm³/mol. The number of pyridine rings is 1. The Morgan fingerprint density at radius 3 is 2.52 bits per heavy atom. The van der Waals surface area contributed by atoms with E-state index in [1.54, 1.807) is 50.6 Å². The third kappa shape index (κ3) is 5.58. The quantitative estimate of drug-likeness (QED) is 0.566. The SMILES string of the molecule is CCOC(=O)c1ccc(NC(=O)c2cncc(NCCOC)c2)cc1. The molecule has 2 aromatic rings. The van der Waals surface area contributed by atoms with Crippen LogP contribution in [0.1, 0.15) is 27.6 Å². The number of aromatic nitrogens is 1. The molecule has 7 nitrogen and oxygen atoms in total. The van der Waals surface area contributed by atoms with Gasteiger partial charge in [-0.25, -0.2) is 4.79 Å². The summed E-state index contributed by atoms with van der Waals surface area (Å²) in [5.74, 6) is -0.675. The number of amides is 1. The van der Waals surface area contributed by atoms with E-state index in [9.17, 15) is 9.59 Å². The first-order valence-corrected chi connectivity index (χ1v) is 7.90. The second-order valence-electron chi connectivity index (χ2n) is 5.13. The molecule has 0 aliphatic rings. The zero-order valence-electron chi connectivity index (χ0n) is 14.2. The molecule has 2 N–H and O–H groups in total. The molecule has 0 bridgehead atoms. The molecule has 1 amide bonds.